The van der Waals surface area contributed by atoms with Crippen molar-refractivity contribution in [3.05, 3.63) is 69.7 Å². The number of rotatable bonds is 3. The number of piperidine rings is 1. The molecule has 0 unspecified atom stereocenters. The first-order valence-electron chi connectivity index (χ1n) is 9.42. The first-order chi connectivity index (χ1) is 14.4. The molecule has 0 spiro atoms. The number of nitrogens with zero attached hydrogens (tertiary/aromatic N) is 2. The standard InChI is InChI=1S/C21H19ClN4O4/c22-14-3-1-13(2-4-14)21(7-9-26(10-8-21)20(29)30)19(28)25-15-5-6-16-17(11-15)23-12-24-18(16)27/h1-6,11-12H,7-10H2,(H,25,28)(H,29,30)(H,23,24,27). The third-order valence-corrected chi connectivity index (χ3v) is 5.87. The fraction of sp³-hybridized carbons (Fsp3) is 0.238. The highest BCUT2D eigenvalue weighted by Gasteiger charge is 2.43. The molecule has 30 heavy (non-hydrogen) atoms. The first-order valence-corrected chi connectivity index (χ1v) is 9.80. The Labute approximate surface area is 176 Å². The van der Waals surface area contributed by atoms with E-state index in [1.54, 1.807) is 42.5 Å². The van der Waals surface area contributed by atoms with Crippen LogP contribution in [0.3, 0.4) is 0 Å². The average Bonchev–Trinajstić information content (AvgIpc) is 2.74. The highest BCUT2D eigenvalue weighted by molar-refractivity contribution is 6.30. The van der Waals surface area contributed by atoms with Crippen LogP contribution in [-0.4, -0.2) is 45.1 Å². The molecule has 0 bridgehead atoms. The van der Waals surface area contributed by atoms with Crippen LogP contribution >= 0.6 is 11.6 Å². The molecule has 1 saturated heterocycles. The van der Waals surface area contributed by atoms with E-state index in [1.165, 1.54) is 11.2 Å². The lowest BCUT2D eigenvalue weighted by molar-refractivity contribution is -0.123. The largest absolute Gasteiger partial charge is 0.465 e. The Balaban J connectivity index is 1.67. The van der Waals surface area contributed by atoms with Crippen LogP contribution in [-0.2, 0) is 10.2 Å². The maximum atomic E-state index is 13.5. The predicted octanol–water partition coefficient (Wildman–Crippen LogP) is 3.23. The summed E-state index contributed by atoms with van der Waals surface area (Å²) in [5, 5.41) is 13.2. The van der Waals surface area contributed by atoms with Crippen LogP contribution in [0.25, 0.3) is 10.9 Å². The van der Waals surface area contributed by atoms with Crippen LogP contribution in [0.15, 0.2) is 53.6 Å². The van der Waals surface area contributed by atoms with E-state index in [9.17, 15) is 19.5 Å². The number of halogens is 1. The Kier molecular flexibility index (Phi) is 5.17. The Morgan fingerprint density at radius 3 is 2.50 bits per heavy atom. The summed E-state index contributed by atoms with van der Waals surface area (Å²) in [5.74, 6) is -0.237. The smallest absolute Gasteiger partial charge is 0.407 e. The summed E-state index contributed by atoms with van der Waals surface area (Å²) >= 11 is 6.02. The molecule has 1 aliphatic rings. The minimum Gasteiger partial charge on any atom is -0.465 e. The van der Waals surface area contributed by atoms with E-state index in [4.69, 9.17) is 11.6 Å². The Hall–Kier alpha value is -3.39. The lowest BCUT2D eigenvalue weighted by atomic mass is 9.72. The number of hydrogen-bond acceptors (Lipinski definition) is 4. The third kappa shape index (κ3) is 3.61. The van der Waals surface area contributed by atoms with Crippen LogP contribution < -0.4 is 10.9 Å². The van der Waals surface area contributed by atoms with Crippen LogP contribution in [0.5, 0.6) is 0 Å². The van der Waals surface area contributed by atoms with Crippen molar-refractivity contribution in [2.75, 3.05) is 18.4 Å². The van der Waals surface area contributed by atoms with Gasteiger partial charge in [0.2, 0.25) is 5.91 Å². The van der Waals surface area contributed by atoms with Crippen LogP contribution in [0.1, 0.15) is 18.4 Å². The molecular formula is C21H19ClN4O4. The second-order valence-corrected chi connectivity index (χ2v) is 7.71. The summed E-state index contributed by atoms with van der Waals surface area (Å²) in [6, 6.07) is 12.0. The van der Waals surface area contributed by atoms with E-state index in [2.05, 4.69) is 15.3 Å². The molecule has 1 aliphatic heterocycles. The minimum atomic E-state index is -0.995. The number of carbonyl (C=O) groups excluding carboxylic acids is 1. The second-order valence-electron chi connectivity index (χ2n) is 7.28. The fourth-order valence-electron chi connectivity index (χ4n) is 3.89. The minimum absolute atomic E-state index is 0.237. The molecule has 9 heteroatoms. The molecular weight excluding hydrogens is 408 g/mol. The molecule has 4 rings (SSSR count). The molecule has 1 aromatic heterocycles. The van der Waals surface area contributed by atoms with E-state index in [0.29, 0.717) is 34.5 Å². The zero-order valence-electron chi connectivity index (χ0n) is 15.9. The SMILES string of the molecule is O=C(O)N1CCC(C(=O)Nc2ccc3c(=O)[nH]cnc3c2)(c2ccc(Cl)cc2)CC1. The van der Waals surface area contributed by atoms with Crippen molar-refractivity contribution in [2.24, 2.45) is 0 Å². The van der Waals surface area contributed by atoms with Gasteiger partial charge in [-0.1, -0.05) is 23.7 Å². The molecule has 0 saturated carbocycles. The lowest BCUT2D eigenvalue weighted by Crippen LogP contribution is -2.50. The van der Waals surface area contributed by atoms with Gasteiger partial charge in [-0.2, -0.15) is 0 Å². The molecule has 2 amide bonds. The Morgan fingerprint density at radius 2 is 1.83 bits per heavy atom. The van der Waals surface area contributed by atoms with E-state index in [-0.39, 0.29) is 24.6 Å². The van der Waals surface area contributed by atoms with Gasteiger partial charge >= 0.3 is 6.09 Å². The second kappa shape index (κ2) is 7.79. The number of aromatic nitrogens is 2. The van der Waals surface area contributed by atoms with Gasteiger partial charge in [-0.05, 0) is 48.7 Å². The van der Waals surface area contributed by atoms with Crippen molar-refractivity contribution in [2.45, 2.75) is 18.3 Å². The van der Waals surface area contributed by atoms with Crippen LogP contribution in [0, 0.1) is 0 Å². The van der Waals surface area contributed by atoms with Gasteiger partial charge in [-0.25, -0.2) is 9.78 Å². The number of likely N-dealkylation sites (tertiary alicyclic amines) is 1. The number of benzene rings is 2. The van der Waals surface area contributed by atoms with Crippen molar-refractivity contribution in [3.63, 3.8) is 0 Å². The van der Waals surface area contributed by atoms with Gasteiger partial charge in [0, 0.05) is 23.8 Å². The number of anilines is 1. The number of aromatic amines is 1. The summed E-state index contributed by atoms with van der Waals surface area (Å²) in [4.78, 5) is 44.6. The molecule has 154 valence electrons. The molecule has 3 aromatic rings. The molecule has 0 aliphatic carbocycles. The van der Waals surface area contributed by atoms with Gasteiger partial charge in [0.25, 0.3) is 5.56 Å². The quantitative estimate of drug-likeness (QED) is 0.594. The van der Waals surface area contributed by atoms with Gasteiger partial charge in [0.15, 0.2) is 0 Å². The summed E-state index contributed by atoms with van der Waals surface area (Å²) in [5.41, 5.74) is 0.617. The highest BCUT2D eigenvalue weighted by Crippen LogP contribution is 2.37. The van der Waals surface area contributed by atoms with Crippen molar-refractivity contribution in [1.82, 2.24) is 14.9 Å². The predicted molar refractivity (Wildman–Crippen MR) is 113 cm³/mol. The number of H-pyrrole nitrogens is 1. The molecule has 8 nitrogen and oxygen atoms in total. The topological polar surface area (TPSA) is 115 Å². The van der Waals surface area contributed by atoms with Gasteiger partial charge in [-0.3, -0.25) is 9.59 Å². The normalized spacial score (nSPS) is 15.7. The first kappa shape index (κ1) is 19.9. The average molecular weight is 427 g/mol. The molecule has 0 atom stereocenters. The molecule has 0 radical (unpaired) electrons. The van der Waals surface area contributed by atoms with E-state index < -0.39 is 11.5 Å². The zero-order chi connectivity index (χ0) is 21.3. The van der Waals surface area contributed by atoms with Gasteiger partial charge in [0.1, 0.15) is 0 Å². The van der Waals surface area contributed by atoms with Gasteiger partial charge in [0.05, 0.1) is 22.6 Å². The number of nitrogens with one attached hydrogen (secondary N) is 2. The summed E-state index contributed by atoms with van der Waals surface area (Å²) in [6.45, 7) is 0.500. The van der Waals surface area contributed by atoms with Crippen molar-refractivity contribution >= 4 is 40.2 Å². The van der Waals surface area contributed by atoms with E-state index in [0.717, 1.165) is 5.56 Å². The maximum Gasteiger partial charge on any atom is 0.407 e. The maximum absolute atomic E-state index is 13.5. The summed E-state index contributed by atoms with van der Waals surface area (Å²) in [7, 11) is 0. The summed E-state index contributed by atoms with van der Waals surface area (Å²) < 4.78 is 0. The fourth-order valence-corrected chi connectivity index (χ4v) is 4.02. The van der Waals surface area contributed by atoms with Crippen LogP contribution in [0.2, 0.25) is 5.02 Å². The zero-order valence-corrected chi connectivity index (χ0v) is 16.6. The summed E-state index contributed by atoms with van der Waals surface area (Å²) in [6.07, 6.45) is 1.01. The molecule has 1 fully saturated rings. The van der Waals surface area contributed by atoms with E-state index in [1.807, 2.05) is 0 Å². The number of carbonyl (C=O) groups is 2. The number of amides is 2. The lowest BCUT2D eigenvalue weighted by Gasteiger charge is -2.40. The van der Waals surface area contributed by atoms with Crippen molar-refractivity contribution in [3.8, 4) is 0 Å². The van der Waals surface area contributed by atoms with Gasteiger partial charge < -0.3 is 20.3 Å². The number of hydrogen-bond donors (Lipinski definition) is 3. The number of fused-ring (bicyclic) bond motifs is 1. The third-order valence-electron chi connectivity index (χ3n) is 5.62. The Morgan fingerprint density at radius 1 is 1.13 bits per heavy atom. The van der Waals surface area contributed by atoms with Gasteiger partial charge in [-0.15, -0.1) is 0 Å². The highest BCUT2D eigenvalue weighted by atomic mass is 35.5. The monoisotopic (exact) mass is 426 g/mol. The molecule has 3 N–H and O–H groups in total. The number of carboxylic acid groups (broad SMARTS) is 1. The van der Waals surface area contributed by atoms with Crippen molar-refractivity contribution in [1.29, 1.82) is 0 Å². The van der Waals surface area contributed by atoms with Crippen molar-refractivity contribution < 1.29 is 14.7 Å². The van der Waals surface area contributed by atoms with Crippen LogP contribution in [0.4, 0.5) is 10.5 Å². The van der Waals surface area contributed by atoms with E-state index >= 15 is 0 Å². The molecule has 2 aromatic carbocycles. The molecule has 2 heterocycles. The Bertz CT molecular complexity index is 1170.